The molecule has 0 fully saturated rings. The van der Waals surface area contributed by atoms with E-state index >= 15 is 0 Å². The average molecular weight is 284 g/mol. The van der Waals surface area contributed by atoms with Gasteiger partial charge in [-0.3, -0.25) is 0 Å². The van der Waals surface area contributed by atoms with E-state index < -0.39 is 5.82 Å². The number of hydrogen-bond donors (Lipinski definition) is 1. The highest BCUT2D eigenvalue weighted by Gasteiger charge is 2.11. The summed E-state index contributed by atoms with van der Waals surface area (Å²) in [6.07, 6.45) is 1.95. The number of benzene rings is 1. The molecule has 0 amide bonds. The minimum absolute atomic E-state index is 0.330. The van der Waals surface area contributed by atoms with E-state index in [4.69, 9.17) is 10.3 Å². The molecule has 5 nitrogen and oxygen atoms in total. The molecule has 21 heavy (non-hydrogen) atoms. The molecule has 0 spiro atoms. The Kier molecular flexibility index (Phi) is 3.70. The maximum Gasteiger partial charge on any atom is 0.258 e. The molecule has 6 heteroatoms. The fraction of sp³-hybridized carbons (Fsp3) is 0.133. The summed E-state index contributed by atoms with van der Waals surface area (Å²) in [5.41, 5.74) is 7.95. The zero-order valence-corrected chi connectivity index (χ0v) is 11.2. The first-order valence-electron chi connectivity index (χ1n) is 6.51. The number of aromatic nitrogens is 3. The van der Waals surface area contributed by atoms with Crippen LogP contribution >= 0.6 is 0 Å². The third-order valence-corrected chi connectivity index (χ3v) is 3.02. The van der Waals surface area contributed by atoms with Crippen LogP contribution in [0.3, 0.4) is 0 Å². The van der Waals surface area contributed by atoms with Crippen LogP contribution < -0.4 is 5.73 Å². The van der Waals surface area contributed by atoms with Gasteiger partial charge in [0.1, 0.15) is 11.5 Å². The molecule has 0 saturated carbocycles. The van der Waals surface area contributed by atoms with Crippen molar-refractivity contribution in [3.63, 3.8) is 0 Å². The van der Waals surface area contributed by atoms with E-state index in [1.807, 2.05) is 24.3 Å². The Morgan fingerprint density at radius 2 is 1.90 bits per heavy atom. The molecule has 0 bridgehead atoms. The number of hydrogen-bond acceptors (Lipinski definition) is 5. The monoisotopic (exact) mass is 284 g/mol. The summed E-state index contributed by atoms with van der Waals surface area (Å²) in [6, 6.07) is 10.6. The van der Waals surface area contributed by atoms with Gasteiger partial charge in [0.05, 0.1) is 6.20 Å². The third-order valence-electron chi connectivity index (χ3n) is 3.02. The van der Waals surface area contributed by atoms with Crippen molar-refractivity contribution < 1.29 is 8.91 Å². The van der Waals surface area contributed by atoms with Crippen molar-refractivity contribution in [3.05, 3.63) is 54.0 Å². The van der Waals surface area contributed by atoms with E-state index in [2.05, 4.69) is 15.1 Å². The van der Waals surface area contributed by atoms with Crippen LogP contribution in [-0.2, 0) is 6.42 Å². The fourth-order valence-electron chi connectivity index (χ4n) is 1.93. The highest BCUT2D eigenvalue weighted by Crippen LogP contribution is 2.21. The highest BCUT2D eigenvalue weighted by molar-refractivity contribution is 5.57. The second-order valence-corrected chi connectivity index (χ2v) is 4.52. The fourth-order valence-corrected chi connectivity index (χ4v) is 1.93. The molecule has 0 aliphatic heterocycles. The summed E-state index contributed by atoms with van der Waals surface area (Å²) in [4.78, 5) is 8.19. The van der Waals surface area contributed by atoms with Gasteiger partial charge >= 0.3 is 0 Å². The van der Waals surface area contributed by atoms with Crippen LogP contribution in [0, 0.1) is 5.82 Å². The van der Waals surface area contributed by atoms with Gasteiger partial charge in [0, 0.05) is 5.56 Å². The lowest BCUT2D eigenvalue weighted by atomic mass is 10.1. The van der Waals surface area contributed by atoms with Crippen molar-refractivity contribution in [2.24, 2.45) is 5.73 Å². The van der Waals surface area contributed by atoms with Gasteiger partial charge < -0.3 is 10.3 Å². The molecule has 0 aliphatic rings. The van der Waals surface area contributed by atoms with Crippen LogP contribution in [0.4, 0.5) is 4.39 Å². The minimum atomic E-state index is -0.405. The first kappa shape index (κ1) is 13.4. The van der Waals surface area contributed by atoms with Crippen molar-refractivity contribution in [3.8, 4) is 23.0 Å². The van der Waals surface area contributed by atoms with E-state index in [1.54, 1.807) is 0 Å². The molecule has 2 aromatic heterocycles. The molecule has 2 heterocycles. The molecule has 3 rings (SSSR count). The Hall–Kier alpha value is -2.60. The van der Waals surface area contributed by atoms with E-state index in [0.717, 1.165) is 23.7 Å². The summed E-state index contributed by atoms with van der Waals surface area (Å²) < 4.78 is 18.1. The lowest BCUT2D eigenvalue weighted by Gasteiger charge is -1.99. The van der Waals surface area contributed by atoms with Crippen LogP contribution in [0.5, 0.6) is 0 Å². The molecule has 1 aromatic carbocycles. The summed E-state index contributed by atoms with van der Waals surface area (Å²) in [7, 11) is 0. The van der Waals surface area contributed by atoms with Crippen LogP contribution in [0.15, 0.2) is 47.1 Å². The normalized spacial score (nSPS) is 10.8. The van der Waals surface area contributed by atoms with Crippen molar-refractivity contribution in [2.45, 2.75) is 6.42 Å². The Morgan fingerprint density at radius 3 is 2.57 bits per heavy atom. The highest BCUT2D eigenvalue weighted by atomic mass is 19.1. The second-order valence-electron chi connectivity index (χ2n) is 4.52. The number of nitrogens with two attached hydrogens (primary N) is 1. The second kappa shape index (κ2) is 5.80. The van der Waals surface area contributed by atoms with Crippen molar-refractivity contribution in [1.82, 2.24) is 15.1 Å². The molecular formula is C15H13FN4O. The smallest absolute Gasteiger partial charge is 0.258 e. The molecule has 106 valence electrons. The molecule has 2 N–H and O–H groups in total. The number of pyridine rings is 1. The van der Waals surface area contributed by atoms with Gasteiger partial charge in [-0.05, 0) is 42.8 Å². The number of rotatable bonds is 4. The molecule has 3 aromatic rings. The summed E-state index contributed by atoms with van der Waals surface area (Å²) >= 11 is 0. The van der Waals surface area contributed by atoms with Crippen LogP contribution in [0.2, 0.25) is 0 Å². The molecular weight excluding hydrogens is 271 g/mol. The number of halogens is 1. The van der Waals surface area contributed by atoms with Crippen LogP contribution in [-0.4, -0.2) is 21.7 Å². The minimum Gasteiger partial charge on any atom is -0.334 e. The van der Waals surface area contributed by atoms with Crippen LogP contribution in [0.25, 0.3) is 23.0 Å². The largest absolute Gasteiger partial charge is 0.334 e. The van der Waals surface area contributed by atoms with Crippen molar-refractivity contribution >= 4 is 0 Å². The van der Waals surface area contributed by atoms with Gasteiger partial charge in [-0.1, -0.05) is 17.3 Å². The van der Waals surface area contributed by atoms with Crippen molar-refractivity contribution in [1.29, 1.82) is 0 Å². The number of nitrogens with zero attached hydrogens (tertiary/aromatic N) is 3. The van der Waals surface area contributed by atoms with Gasteiger partial charge in [-0.15, -0.1) is 0 Å². The summed E-state index contributed by atoms with van der Waals surface area (Å²) in [6.45, 7) is 0.611. The Labute approximate surface area is 120 Å². The zero-order chi connectivity index (χ0) is 14.7. The molecule has 0 radical (unpaired) electrons. The maximum absolute atomic E-state index is 12.8. The van der Waals surface area contributed by atoms with Crippen LogP contribution in [0.1, 0.15) is 5.56 Å². The van der Waals surface area contributed by atoms with Gasteiger partial charge in [-0.25, -0.2) is 9.37 Å². The molecule has 0 aliphatic carbocycles. The van der Waals surface area contributed by atoms with E-state index in [0.29, 0.717) is 24.0 Å². The third kappa shape index (κ3) is 2.95. The summed E-state index contributed by atoms with van der Waals surface area (Å²) in [5, 5.41) is 3.86. The molecule has 0 saturated heterocycles. The lowest BCUT2D eigenvalue weighted by Crippen LogP contribution is -2.02. The Bertz CT molecular complexity index is 722. The van der Waals surface area contributed by atoms with Gasteiger partial charge in [0.15, 0.2) is 0 Å². The van der Waals surface area contributed by atoms with E-state index in [9.17, 15) is 4.39 Å². The van der Waals surface area contributed by atoms with E-state index in [1.165, 1.54) is 12.1 Å². The maximum atomic E-state index is 12.8. The topological polar surface area (TPSA) is 77.8 Å². The summed E-state index contributed by atoms with van der Waals surface area (Å²) in [5.74, 6) is 0.324. The van der Waals surface area contributed by atoms with Crippen molar-refractivity contribution in [2.75, 3.05) is 6.54 Å². The predicted molar refractivity (Wildman–Crippen MR) is 75.7 cm³/mol. The first-order chi connectivity index (χ1) is 10.3. The standard InChI is InChI=1S/C15H13FN4O/c16-12-5-6-13(18-9-12)14-19-15(21-20-14)11-3-1-10(2-4-11)7-8-17/h1-6,9H,7-8,17H2. The van der Waals surface area contributed by atoms with Gasteiger partial charge in [0.25, 0.3) is 5.89 Å². The Balaban J connectivity index is 1.85. The SMILES string of the molecule is NCCc1ccc(-c2nc(-c3ccc(F)cn3)no2)cc1. The average Bonchev–Trinajstić information content (AvgIpc) is 2.99. The molecule has 0 atom stereocenters. The zero-order valence-electron chi connectivity index (χ0n) is 11.2. The Morgan fingerprint density at radius 1 is 1.10 bits per heavy atom. The van der Waals surface area contributed by atoms with Gasteiger partial charge in [-0.2, -0.15) is 4.98 Å². The first-order valence-corrected chi connectivity index (χ1v) is 6.51. The van der Waals surface area contributed by atoms with Gasteiger partial charge in [0.2, 0.25) is 5.82 Å². The molecule has 0 unspecified atom stereocenters. The van der Waals surface area contributed by atoms with E-state index in [-0.39, 0.29) is 0 Å². The quantitative estimate of drug-likeness (QED) is 0.796. The predicted octanol–water partition coefficient (Wildman–Crippen LogP) is 2.44. The lowest BCUT2D eigenvalue weighted by molar-refractivity contribution is 0.432.